The lowest BCUT2D eigenvalue weighted by molar-refractivity contribution is 0.472. The topological polar surface area (TPSA) is 28.7 Å². The predicted molar refractivity (Wildman–Crippen MR) is 66.2 cm³/mol. The number of hydrogen-bond acceptors (Lipinski definition) is 1. The third kappa shape index (κ3) is 1.42. The molecule has 2 aromatic rings. The normalized spacial score (nSPS) is 11.3. The van der Waals surface area contributed by atoms with Gasteiger partial charge in [-0.05, 0) is 19.9 Å². The van der Waals surface area contributed by atoms with E-state index in [4.69, 9.17) is 5.26 Å². The zero-order chi connectivity index (χ0) is 11.8. The molecule has 0 atom stereocenters. The van der Waals surface area contributed by atoms with E-state index in [1.807, 2.05) is 36.5 Å². The third-order valence-corrected chi connectivity index (χ3v) is 2.95. The summed E-state index contributed by atoms with van der Waals surface area (Å²) in [5, 5.41) is 10.1. The highest BCUT2D eigenvalue weighted by Crippen LogP contribution is 2.27. The van der Waals surface area contributed by atoms with Crippen LogP contribution in [0.25, 0.3) is 10.9 Å². The highest BCUT2D eigenvalue weighted by molar-refractivity contribution is 5.86. The first-order valence-corrected chi connectivity index (χ1v) is 5.24. The Morgan fingerprint density at radius 2 is 2.06 bits per heavy atom. The average molecular weight is 210 g/mol. The van der Waals surface area contributed by atoms with E-state index in [9.17, 15) is 0 Å². The molecule has 0 spiro atoms. The maximum atomic E-state index is 9.10. The smallest absolute Gasteiger partial charge is 0.101 e. The van der Waals surface area contributed by atoms with Crippen LogP contribution in [0.1, 0.15) is 19.4 Å². The minimum Gasteiger partial charge on any atom is -0.337 e. The number of fused-ring (bicyclic) bond motifs is 1. The van der Waals surface area contributed by atoms with E-state index in [1.54, 1.807) is 0 Å². The van der Waals surface area contributed by atoms with Gasteiger partial charge in [-0.15, -0.1) is 6.58 Å². The van der Waals surface area contributed by atoms with Gasteiger partial charge in [0.1, 0.15) is 6.07 Å². The highest BCUT2D eigenvalue weighted by atomic mass is 15.0. The molecule has 1 aromatic heterocycles. The van der Waals surface area contributed by atoms with Crippen LogP contribution in [-0.4, -0.2) is 4.57 Å². The SMILES string of the molecule is C=CC(C)(C)n1cc(C#N)c2ccccc21. The van der Waals surface area contributed by atoms with Gasteiger partial charge in [-0.2, -0.15) is 5.26 Å². The maximum absolute atomic E-state index is 9.10. The summed E-state index contributed by atoms with van der Waals surface area (Å²) in [6.07, 6.45) is 3.78. The van der Waals surface area contributed by atoms with Crippen molar-refractivity contribution in [2.24, 2.45) is 0 Å². The minimum absolute atomic E-state index is 0.186. The second kappa shape index (κ2) is 3.53. The standard InChI is InChI=1S/C14H14N2/c1-4-14(2,3)16-10-11(9-15)12-7-5-6-8-13(12)16/h4-8,10H,1H2,2-3H3. The van der Waals surface area contributed by atoms with Gasteiger partial charge >= 0.3 is 0 Å². The van der Waals surface area contributed by atoms with E-state index in [0.29, 0.717) is 5.56 Å². The summed E-state index contributed by atoms with van der Waals surface area (Å²) in [6.45, 7) is 8.00. The molecule has 0 saturated carbocycles. The van der Waals surface area contributed by atoms with E-state index in [0.717, 1.165) is 10.9 Å². The van der Waals surface area contributed by atoms with Gasteiger partial charge in [0.05, 0.1) is 16.6 Å². The fraction of sp³-hybridized carbons (Fsp3) is 0.214. The fourth-order valence-electron chi connectivity index (χ4n) is 1.84. The van der Waals surface area contributed by atoms with Gasteiger partial charge in [0, 0.05) is 11.6 Å². The van der Waals surface area contributed by atoms with Crippen molar-refractivity contribution in [3.63, 3.8) is 0 Å². The molecule has 80 valence electrons. The summed E-state index contributed by atoms with van der Waals surface area (Å²) in [4.78, 5) is 0. The van der Waals surface area contributed by atoms with Crippen molar-refractivity contribution >= 4 is 10.9 Å². The Balaban J connectivity index is 2.82. The lowest BCUT2D eigenvalue weighted by Gasteiger charge is -2.23. The van der Waals surface area contributed by atoms with Crippen LogP contribution in [0.4, 0.5) is 0 Å². The molecular weight excluding hydrogens is 196 g/mol. The summed E-state index contributed by atoms with van der Waals surface area (Å²) < 4.78 is 2.09. The van der Waals surface area contributed by atoms with Crippen LogP contribution in [0.3, 0.4) is 0 Å². The first-order valence-electron chi connectivity index (χ1n) is 5.24. The average Bonchev–Trinajstić information content (AvgIpc) is 2.68. The van der Waals surface area contributed by atoms with Crippen LogP contribution < -0.4 is 0 Å². The van der Waals surface area contributed by atoms with Gasteiger partial charge in [-0.1, -0.05) is 24.3 Å². The van der Waals surface area contributed by atoms with Crippen LogP contribution >= 0.6 is 0 Å². The molecule has 2 nitrogen and oxygen atoms in total. The molecule has 0 aliphatic heterocycles. The van der Waals surface area contributed by atoms with Crippen LogP contribution in [0.5, 0.6) is 0 Å². The Bertz CT molecular complexity index is 582. The Morgan fingerprint density at radius 3 is 2.69 bits per heavy atom. The number of nitrogens with zero attached hydrogens (tertiary/aromatic N) is 2. The number of allylic oxidation sites excluding steroid dienone is 1. The Morgan fingerprint density at radius 1 is 1.38 bits per heavy atom. The number of nitriles is 1. The zero-order valence-electron chi connectivity index (χ0n) is 9.57. The van der Waals surface area contributed by atoms with Crippen molar-refractivity contribution in [3.8, 4) is 6.07 Å². The monoisotopic (exact) mass is 210 g/mol. The van der Waals surface area contributed by atoms with Gasteiger partial charge in [0.2, 0.25) is 0 Å². The molecule has 0 amide bonds. The fourth-order valence-corrected chi connectivity index (χ4v) is 1.84. The molecule has 0 radical (unpaired) electrons. The molecule has 0 fully saturated rings. The minimum atomic E-state index is -0.186. The number of benzene rings is 1. The van der Waals surface area contributed by atoms with Gasteiger partial charge in [-0.3, -0.25) is 0 Å². The van der Waals surface area contributed by atoms with E-state index in [2.05, 4.69) is 31.1 Å². The molecule has 0 aliphatic rings. The van der Waals surface area contributed by atoms with Crippen molar-refractivity contribution in [3.05, 3.63) is 48.7 Å². The quantitative estimate of drug-likeness (QED) is 0.698. The van der Waals surface area contributed by atoms with Gasteiger partial charge in [0.25, 0.3) is 0 Å². The van der Waals surface area contributed by atoms with E-state index >= 15 is 0 Å². The predicted octanol–water partition coefficient (Wildman–Crippen LogP) is 3.43. The molecule has 1 heterocycles. The zero-order valence-corrected chi connectivity index (χ0v) is 9.57. The molecule has 2 rings (SSSR count). The Labute approximate surface area is 95.4 Å². The maximum Gasteiger partial charge on any atom is 0.101 e. The van der Waals surface area contributed by atoms with Gasteiger partial charge in [0.15, 0.2) is 0 Å². The highest BCUT2D eigenvalue weighted by Gasteiger charge is 2.19. The summed E-state index contributed by atoms with van der Waals surface area (Å²) in [5.41, 5.74) is 1.60. The van der Waals surface area contributed by atoms with Gasteiger partial charge in [-0.25, -0.2) is 0 Å². The lowest BCUT2D eigenvalue weighted by atomic mass is 10.1. The lowest BCUT2D eigenvalue weighted by Crippen LogP contribution is -2.21. The Kier molecular flexibility index (Phi) is 2.32. The van der Waals surface area contributed by atoms with Crippen molar-refractivity contribution < 1.29 is 0 Å². The molecule has 2 heteroatoms. The number of rotatable bonds is 2. The van der Waals surface area contributed by atoms with E-state index < -0.39 is 0 Å². The van der Waals surface area contributed by atoms with Crippen molar-refractivity contribution in [2.45, 2.75) is 19.4 Å². The largest absolute Gasteiger partial charge is 0.337 e. The van der Waals surface area contributed by atoms with Crippen molar-refractivity contribution in [1.29, 1.82) is 5.26 Å². The Hall–Kier alpha value is -2.01. The molecule has 0 saturated heterocycles. The van der Waals surface area contributed by atoms with Crippen LogP contribution in [0, 0.1) is 11.3 Å². The summed E-state index contributed by atoms with van der Waals surface area (Å²) >= 11 is 0. The van der Waals surface area contributed by atoms with Crippen LogP contribution in [-0.2, 0) is 5.54 Å². The molecule has 0 N–H and O–H groups in total. The molecular formula is C14H14N2. The second-order valence-corrected chi connectivity index (χ2v) is 4.40. The van der Waals surface area contributed by atoms with Crippen LogP contribution in [0.2, 0.25) is 0 Å². The molecule has 16 heavy (non-hydrogen) atoms. The summed E-state index contributed by atoms with van der Waals surface area (Å²) in [7, 11) is 0. The second-order valence-electron chi connectivity index (χ2n) is 4.40. The first-order chi connectivity index (χ1) is 7.60. The van der Waals surface area contributed by atoms with Crippen molar-refractivity contribution in [1.82, 2.24) is 4.57 Å². The number of hydrogen-bond donors (Lipinski definition) is 0. The molecule has 1 aromatic carbocycles. The summed E-state index contributed by atoms with van der Waals surface area (Å²) in [5.74, 6) is 0. The van der Waals surface area contributed by atoms with E-state index in [1.165, 1.54) is 0 Å². The summed E-state index contributed by atoms with van der Waals surface area (Å²) in [6, 6.07) is 10.2. The van der Waals surface area contributed by atoms with E-state index in [-0.39, 0.29) is 5.54 Å². The number of aromatic nitrogens is 1. The molecule has 0 aliphatic carbocycles. The van der Waals surface area contributed by atoms with Crippen molar-refractivity contribution in [2.75, 3.05) is 0 Å². The number of para-hydroxylation sites is 1. The molecule has 0 bridgehead atoms. The van der Waals surface area contributed by atoms with Gasteiger partial charge < -0.3 is 4.57 Å². The third-order valence-electron chi connectivity index (χ3n) is 2.95. The van der Waals surface area contributed by atoms with Crippen LogP contribution in [0.15, 0.2) is 43.1 Å². The first kappa shape index (κ1) is 10.5. The molecule has 0 unspecified atom stereocenters.